The lowest BCUT2D eigenvalue weighted by molar-refractivity contribution is 1.28. The van der Waals surface area contributed by atoms with Crippen molar-refractivity contribution in [2.45, 2.75) is 0 Å². The van der Waals surface area contributed by atoms with Crippen LogP contribution in [0.3, 0.4) is 0 Å². The number of hydrogen-bond donors (Lipinski definition) is 0. The van der Waals surface area contributed by atoms with Crippen molar-refractivity contribution in [2.75, 3.05) is 14.7 Å². The number of benzene rings is 11. The van der Waals surface area contributed by atoms with E-state index in [1.807, 2.05) is 0 Å². The summed E-state index contributed by atoms with van der Waals surface area (Å²) in [6.07, 6.45) is 0. The van der Waals surface area contributed by atoms with E-state index in [2.05, 4.69) is 263 Å². The summed E-state index contributed by atoms with van der Waals surface area (Å²) < 4.78 is 0. The average molecular weight is 780 g/mol. The van der Waals surface area contributed by atoms with Gasteiger partial charge < -0.3 is 14.7 Å². The lowest BCUT2D eigenvalue weighted by Crippen LogP contribution is -2.11. The van der Waals surface area contributed by atoms with E-state index in [1.54, 1.807) is 0 Å². The largest absolute Gasteiger partial charge is 0.311 e. The summed E-state index contributed by atoms with van der Waals surface area (Å²) in [5.74, 6) is 0. The zero-order valence-corrected chi connectivity index (χ0v) is 33.5. The third-order valence-electron chi connectivity index (χ3n) is 11.7. The van der Waals surface area contributed by atoms with E-state index in [4.69, 9.17) is 0 Å². The Morgan fingerprint density at radius 2 is 0.574 bits per heavy atom. The zero-order chi connectivity index (χ0) is 40.5. The van der Waals surface area contributed by atoms with Crippen LogP contribution in [0.25, 0.3) is 43.4 Å². The highest BCUT2D eigenvalue weighted by atomic mass is 15.2. The molecule has 61 heavy (non-hydrogen) atoms. The first kappa shape index (κ1) is 36.0. The molecule has 0 saturated heterocycles. The molecule has 0 aliphatic rings. The highest BCUT2D eigenvalue weighted by Crippen LogP contribution is 2.50. The topological polar surface area (TPSA) is 9.72 Å². The molecule has 0 fully saturated rings. The van der Waals surface area contributed by atoms with Gasteiger partial charge in [0.1, 0.15) is 0 Å². The maximum absolute atomic E-state index is 2.41. The molecule has 0 atom stereocenters. The summed E-state index contributed by atoms with van der Waals surface area (Å²) in [7, 11) is 0. The van der Waals surface area contributed by atoms with Crippen LogP contribution in [0.4, 0.5) is 51.2 Å². The number of nitrogens with zero attached hydrogens (tertiary/aromatic N) is 3. The van der Waals surface area contributed by atoms with Crippen molar-refractivity contribution in [3.8, 4) is 11.1 Å². The quantitative estimate of drug-likeness (QED) is 0.128. The summed E-state index contributed by atoms with van der Waals surface area (Å²) in [4.78, 5) is 7.12. The van der Waals surface area contributed by atoms with E-state index in [9.17, 15) is 0 Å². The van der Waals surface area contributed by atoms with Gasteiger partial charge in [-0.2, -0.15) is 0 Å². The number of rotatable bonds is 10. The van der Waals surface area contributed by atoms with Crippen molar-refractivity contribution < 1.29 is 0 Å². The van der Waals surface area contributed by atoms with Crippen LogP contribution in [0.2, 0.25) is 0 Å². The molecule has 0 aliphatic carbocycles. The molecule has 0 saturated carbocycles. The van der Waals surface area contributed by atoms with Gasteiger partial charge in [0.05, 0.1) is 11.4 Å². The Hall–Kier alpha value is -8.14. The fourth-order valence-electron chi connectivity index (χ4n) is 9.04. The summed E-state index contributed by atoms with van der Waals surface area (Å²) in [5, 5.41) is 7.34. The standard InChI is InChI=1S/C58H41N3/c1-7-19-44(20-8-1)59(45-21-9-2-10-22-45)50-35-31-42(32-36-50)54-41-56(61(48-27-15-5-16-28-48)49-29-17-6-18-30-49)53-37-33-43-34-40-55(52-39-38-51(54)58(53)57(43)52)60(46-23-11-3-12-24-46)47-25-13-4-14-26-47/h1-41H. The minimum absolute atomic E-state index is 1.10. The van der Waals surface area contributed by atoms with Crippen molar-refractivity contribution in [1.29, 1.82) is 0 Å². The van der Waals surface area contributed by atoms with Gasteiger partial charge in [-0.1, -0.05) is 152 Å². The summed E-state index contributed by atoms with van der Waals surface area (Å²) in [5.41, 5.74) is 12.4. The summed E-state index contributed by atoms with van der Waals surface area (Å²) in [6.45, 7) is 0. The number of anilines is 9. The molecule has 11 aromatic carbocycles. The van der Waals surface area contributed by atoms with Gasteiger partial charge in [-0.15, -0.1) is 0 Å². The van der Waals surface area contributed by atoms with Gasteiger partial charge in [0.25, 0.3) is 0 Å². The van der Waals surface area contributed by atoms with Crippen molar-refractivity contribution >= 4 is 83.5 Å². The monoisotopic (exact) mass is 779 g/mol. The molecular weight excluding hydrogens is 739 g/mol. The second-order valence-corrected chi connectivity index (χ2v) is 15.3. The highest BCUT2D eigenvalue weighted by molar-refractivity contribution is 6.30. The molecule has 0 bridgehead atoms. The SMILES string of the molecule is c1ccc(N(c2ccccc2)c2ccc(-c3cc(N(c4ccccc4)c4ccccc4)c4ccc5ccc(N(c6ccccc6)c6ccccc6)c6ccc3c4c56)cc2)cc1. The fourth-order valence-corrected chi connectivity index (χ4v) is 9.04. The molecule has 0 aromatic heterocycles. The Morgan fingerprint density at radius 1 is 0.230 bits per heavy atom. The molecule has 0 amide bonds. The van der Waals surface area contributed by atoms with Crippen LogP contribution in [0.15, 0.2) is 249 Å². The van der Waals surface area contributed by atoms with Crippen LogP contribution in [-0.4, -0.2) is 0 Å². The third-order valence-corrected chi connectivity index (χ3v) is 11.7. The lowest BCUT2D eigenvalue weighted by atomic mass is 9.87. The molecule has 0 spiro atoms. The minimum atomic E-state index is 1.10. The van der Waals surface area contributed by atoms with Crippen molar-refractivity contribution in [3.05, 3.63) is 249 Å². The second kappa shape index (κ2) is 15.6. The van der Waals surface area contributed by atoms with Gasteiger partial charge in [-0.3, -0.25) is 0 Å². The molecule has 0 unspecified atom stereocenters. The first-order valence-corrected chi connectivity index (χ1v) is 20.9. The molecule has 0 aliphatic heterocycles. The van der Waals surface area contributed by atoms with Crippen LogP contribution in [0, 0.1) is 0 Å². The predicted molar refractivity (Wildman–Crippen MR) is 260 cm³/mol. The molecule has 0 heterocycles. The Balaban J connectivity index is 1.18. The first-order chi connectivity index (χ1) is 30.3. The number of para-hydroxylation sites is 6. The Labute approximate surface area is 356 Å². The van der Waals surface area contributed by atoms with Gasteiger partial charge in [0.2, 0.25) is 0 Å². The van der Waals surface area contributed by atoms with Crippen molar-refractivity contribution in [1.82, 2.24) is 0 Å². The van der Waals surface area contributed by atoms with E-state index in [1.165, 1.54) is 37.9 Å². The third kappa shape index (κ3) is 6.50. The Bertz CT molecular complexity index is 3090. The van der Waals surface area contributed by atoms with Crippen molar-refractivity contribution in [3.63, 3.8) is 0 Å². The summed E-state index contributed by atoms with van der Waals surface area (Å²) in [6, 6.07) is 89.5. The van der Waals surface area contributed by atoms with Crippen LogP contribution >= 0.6 is 0 Å². The maximum atomic E-state index is 2.41. The van der Waals surface area contributed by atoms with Crippen LogP contribution < -0.4 is 14.7 Å². The van der Waals surface area contributed by atoms with Gasteiger partial charge in [-0.25, -0.2) is 0 Å². The molecule has 3 heteroatoms. The average Bonchev–Trinajstić information content (AvgIpc) is 3.34. The van der Waals surface area contributed by atoms with Crippen LogP contribution in [0.5, 0.6) is 0 Å². The van der Waals surface area contributed by atoms with E-state index < -0.39 is 0 Å². The number of hydrogen-bond acceptors (Lipinski definition) is 3. The van der Waals surface area contributed by atoms with Gasteiger partial charge in [-0.05, 0) is 124 Å². The smallest absolute Gasteiger partial charge is 0.0546 e. The fraction of sp³-hybridized carbons (Fsp3) is 0. The molecule has 11 rings (SSSR count). The Morgan fingerprint density at radius 3 is 1.03 bits per heavy atom. The van der Waals surface area contributed by atoms with E-state index in [0.717, 1.165) is 56.7 Å². The van der Waals surface area contributed by atoms with Gasteiger partial charge in [0.15, 0.2) is 0 Å². The molecule has 288 valence electrons. The molecule has 3 nitrogen and oxygen atoms in total. The van der Waals surface area contributed by atoms with Gasteiger partial charge in [0, 0.05) is 56.0 Å². The summed E-state index contributed by atoms with van der Waals surface area (Å²) >= 11 is 0. The van der Waals surface area contributed by atoms with Crippen molar-refractivity contribution in [2.24, 2.45) is 0 Å². The lowest BCUT2D eigenvalue weighted by Gasteiger charge is -2.30. The minimum Gasteiger partial charge on any atom is -0.311 e. The predicted octanol–water partition coefficient (Wildman–Crippen LogP) is 16.7. The Kier molecular flexibility index (Phi) is 9.18. The van der Waals surface area contributed by atoms with Crippen LogP contribution in [0.1, 0.15) is 0 Å². The zero-order valence-electron chi connectivity index (χ0n) is 33.5. The maximum Gasteiger partial charge on any atom is 0.0546 e. The van der Waals surface area contributed by atoms with E-state index in [-0.39, 0.29) is 0 Å². The molecule has 11 aromatic rings. The molecule has 0 radical (unpaired) electrons. The normalized spacial score (nSPS) is 11.3. The second-order valence-electron chi connectivity index (χ2n) is 15.3. The first-order valence-electron chi connectivity index (χ1n) is 20.9. The van der Waals surface area contributed by atoms with E-state index >= 15 is 0 Å². The molecule has 0 N–H and O–H groups in total. The molecular formula is C58H41N3. The van der Waals surface area contributed by atoms with Gasteiger partial charge >= 0.3 is 0 Å². The van der Waals surface area contributed by atoms with Crippen LogP contribution in [-0.2, 0) is 0 Å². The van der Waals surface area contributed by atoms with E-state index in [0.29, 0.717) is 0 Å². The highest BCUT2D eigenvalue weighted by Gasteiger charge is 2.24.